The number of primary amides is 1. The molecule has 0 aliphatic rings. The van der Waals surface area contributed by atoms with Crippen LogP contribution in [0, 0.1) is 6.92 Å². The number of nitrogens with one attached hydrogen (secondary N) is 1. The highest BCUT2D eigenvalue weighted by atomic mass is 32.1. The largest absolute Gasteiger partial charge is 0.495 e. The van der Waals surface area contributed by atoms with Crippen molar-refractivity contribution in [2.45, 2.75) is 25.9 Å². The van der Waals surface area contributed by atoms with E-state index in [2.05, 4.69) is 27.5 Å². The maximum absolute atomic E-state index is 11.5. The number of nitrogens with two attached hydrogens (primary N) is 2. The van der Waals surface area contributed by atoms with Crippen LogP contribution in [0.15, 0.2) is 30.6 Å². The van der Waals surface area contributed by atoms with Crippen molar-refractivity contribution in [2.24, 2.45) is 5.73 Å². The summed E-state index contributed by atoms with van der Waals surface area (Å²) in [6, 6.07) is 6.90. The van der Waals surface area contributed by atoms with E-state index in [1.54, 1.807) is 23.0 Å². The fourth-order valence-corrected chi connectivity index (χ4v) is 4.82. The minimum absolute atomic E-state index is 0.134. The molecule has 0 saturated carbocycles. The van der Waals surface area contributed by atoms with E-state index >= 15 is 0 Å². The third-order valence-corrected chi connectivity index (χ3v) is 6.30. The predicted octanol–water partition coefficient (Wildman–Crippen LogP) is 1.93. The molecule has 166 valence electrons. The number of hydrogen-bond donors (Lipinski definition) is 4. The first-order valence-corrected chi connectivity index (χ1v) is 10.5. The van der Waals surface area contributed by atoms with Gasteiger partial charge in [0.1, 0.15) is 23.6 Å². The molecule has 1 amide bonds. The second-order valence-corrected chi connectivity index (χ2v) is 8.45. The van der Waals surface area contributed by atoms with E-state index in [1.165, 1.54) is 6.33 Å². The zero-order valence-corrected chi connectivity index (χ0v) is 18.3. The number of carboxylic acid groups (broad SMARTS) is 1. The smallest absolute Gasteiger partial charge is 0.321 e. The van der Waals surface area contributed by atoms with E-state index < -0.39 is 17.9 Å². The van der Waals surface area contributed by atoms with Gasteiger partial charge in [0.05, 0.1) is 23.9 Å². The van der Waals surface area contributed by atoms with E-state index in [9.17, 15) is 14.7 Å². The lowest BCUT2D eigenvalue weighted by atomic mass is 10.1. The molecular weight excluding hydrogens is 432 g/mol. The van der Waals surface area contributed by atoms with E-state index in [4.69, 9.17) is 16.2 Å². The first-order chi connectivity index (χ1) is 15.3. The molecule has 4 rings (SSSR count). The van der Waals surface area contributed by atoms with Gasteiger partial charge in [0.25, 0.3) is 0 Å². The molecule has 3 aromatic heterocycles. The standard InChI is InChI=1S/C21H22N6O4S/c1-10-3-11-5-16(32-19(11)15(4-10)31-2)13-6-12(27-18(13)20(23)25-9-26-27)8-24-14(21(29)30)7-17(22)28/h3-6,9,14,24H,7-8H2,1-2H3,(H2,22,28)(H,29,30)(H2,23,25,26). The molecule has 0 radical (unpaired) electrons. The third kappa shape index (κ3) is 3.95. The number of thiophene rings is 1. The van der Waals surface area contributed by atoms with Crippen molar-refractivity contribution in [3.63, 3.8) is 0 Å². The normalized spacial score (nSPS) is 12.3. The first-order valence-electron chi connectivity index (χ1n) is 9.72. The summed E-state index contributed by atoms with van der Waals surface area (Å²) in [7, 11) is 1.64. The average Bonchev–Trinajstić information content (AvgIpc) is 3.32. The number of fused-ring (bicyclic) bond motifs is 2. The van der Waals surface area contributed by atoms with Crippen LogP contribution in [0.25, 0.3) is 26.0 Å². The second-order valence-electron chi connectivity index (χ2n) is 7.39. The zero-order chi connectivity index (χ0) is 23.0. The molecule has 1 unspecified atom stereocenters. The van der Waals surface area contributed by atoms with Crippen LogP contribution in [0.5, 0.6) is 5.75 Å². The molecule has 1 atom stereocenters. The second kappa shape index (κ2) is 8.44. The lowest BCUT2D eigenvalue weighted by molar-refractivity contribution is -0.141. The van der Waals surface area contributed by atoms with Gasteiger partial charge >= 0.3 is 5.97 Å². The van der Waals surface area contributed by atoms with Gasteiger partial charge in [0.2, 0.25) is 5.91 Å². The monoisotopic (exact) mass is 454 g/mol. The number of benzene rings is 1. The Bertz CT molecular complexity index is 1350. The molecule has 0 saturated heterocycles. The van der Waals surface area contributed by atoms with E-state index in [0.29, 0.717) is 17.0 Å². The summed E-state index contributed by atoms with van der Waals surface area (Å²) in [4.78, 5) is 27.7. The van der Waals surface area contributed by atoms with Gasteiger partial charge in [-0.05, 0) is 36.1 Å². The van der Waals surface area contributed by atoms with Crippen molar-refractivity contribution in [3.05, 3.63) is 41.9 Å². The molecule has 0 aliphatic carbocycles. The van der Waals surface area contributed by atoms with Gasteiger partial charge in [-0.2, -0.15) is 5.10 Å². The van der Waals surface area contributed by atoms with Gasteiger partial charge in [-0.15, -0.1) is 11.3 Å². The Hall–Kier alpha value is -3.70. The molecule has 0 fully saturated rings. The highest BCUT2D eigenvalue weighted by Crippen LogP contribution is 2.42. The maximum Gasteiger partial charge on any atom is 0.321 e. The fourth-order valence-electron chi connectivity index (χ4n) is 3.67. The predicted molar refractivity (Wildman–Crippen MR) is 122 cm³/mol. The van der Waals surface area contributed by atoms with E-state index in [-0.39, 0.29) is 13.0 Å². The Morgan fingerprint density at radius 3 is 2.78 bits per heavy atom. The number of hydrogen-bond acceptors (Lipinski definition) is 8. The van der Waals surface area contributed by atoms with Crippen molar-refractivity contribution in [3.8, 4) is 16.2 Å². The Morgan fingerprint density at radius 2 is 2.09 bits per heavy atom. The minimum atomic E-state index is -1.16. The summed E-state index contributed by atoms with van der Waals surface area (Å²) in [5, 5.41) is 17.6. The molecule has 32 heavy (non-hydrogen) atoms. The van der Waals surface area contributed by atoms with Gasteiger partial charge in [-0.25, -0.2) is 9.50 Å². The van der Waals surface area contributed by atoms with Crippen LogP contribution >= 0.6 is 11.3 Å². The highest BCUT2D eigenvalue weighted by Gasteiger charge is 2.22. The third-order valence-electron chi connectivity index (χ3n) is 5.10. The molecule has 11 heteroatoms. The van der Waals surface area contributed by atoms with Gasteiger partial charge in [-0.3, -0.25) is 14.9 Å². The molecule has 4 aromatic rings. The number of anilines is 1. The van der Waals surface area contributed by atoms with Crippen LogP contribution in [0.1, 0.15) is 17.7 Å². The Kier molecular flexibility index (Phi) is 5.68. The van der Waals surface area contributed by atoms with Gasteiger partial charge in [-0.1, -0.05) is 6.07 Å². The highest BCUT2D eigenvalue weighted by molar-refractivity contribution is 7.22. The number of aliphatic carboxylic acids is 1. The van der Waals surface area contributed by atoms with E-state index in [1.807, 2.05) is 19.1 Å². The van der Waals surface area contributed by atoms with Crippen LogP contribution in [-0.4, -0.2) is 44.7 Å². The number of ether oxygens (including phenoxy) is 1. The molecule has 1 aromatic carbocycles. The number of aryl methyl sites for hydroxylation is 1. The van der Waals surface area contributed by atoms with Crippen LogP contribution in [0.2, 0.25) is 0 Å². The number of nitrogen functional groups attached to an aromatic ring is 1. The van der Waals surface area contributed by atoms with Crippen LogP contribution in [-0.2, 0) is 16.1 Å². The van der Waals surface area contributed by atoms with Gasteiger partial charge in [0.15, 0.2) is 5.82 Å². The number of aromatic nitrogens is 3. The minimum Gasteiger partial charge on any atom is -0.495 e. The number of amides is 1. The van der Waals surface area contributed by atoms with Crippen molar-refractivity contribution in [2.75, 3.05) is 12.8 Å². The van der Waals surface area contributed by atoms with Gasteiger partial charge < -0.3 is 21.3 Å². The van der Waals surface area contributed by atoms with Crippen LogP contribution in [0.4, 0.5) is 5.82 Å². The SMILES string of the molecule is COc1cc(C)cc2cc(-c3cc(CNC(CC(N)=O)C(=O)O)n4ncnc(N)c34)sc12. The molecule has 0 spiro atoms. The summed E-state index contributed by atoms with van der Waals surface area (Å²) >= 11 is 1.56. The summed E-state index contributed by atoms with van der Waals surface area (Å²) in [5.74, 6) is -0.770. The Morgan fingerprint density at radius 1 is 1.31 bits per heavy atom. The topological polar surface area (TPSA) is 158 Å². The number of rotatable bonds is 8. The Labute approximate surface area is 186 Å². The Balaban J connectivity index is 1.79. The van der Waals surface area contributed by atoms with Crippen LogP contribution in [0.3, 0.4) is 0 Å². The van der Waals surface area contributed by atoms with Crippen molar-refractivity contribution < 1.29 is 19.4 Å². The number of methoxy groups -OCH3 is 1. The number of carbonyl (C=O) groups is 2. The molecular formula is C21H22N6O4S. The fraction of sp³-hybridized carbons (Fsp3) is 0.238. The average molecular weight is 455 g/mol. The quantitative estimate of drug-likeness (QED) is 0.314. The molecule has 6 N–H and O–H groups in total. The van der Waals surface area contributed by atoms with Gasteiger partial charge in [0, 0.05) is 17.0 Å². The molecule has 0 bridgehead atoms. The zero-order valence-electron chi connectivity index (χ0n) is 17.5. The molecule has 10 nitrogen and oxygen atoms in total. The number of carbonyl (C=O) groups excluding carboxylic acids is 1. The summed E-state index contributed by atoms with van der Waals surface area (Å²) < 4.78 is 8.18. The molecule has 0 aliphatic heterocycles. The summed E-state index contributed by atoms with van der Waals surface area (Å²) in [6.45, 7) is 2.14. The van der Waals surface area contributed by atoms with Crippen molar-refractivity contribution in [1.82, 2.24) is 19.9 Å². The lowest BCUT2D eigenvalue weighted by Gasteiger charge is -2.12. The summed E-state index contributed by atoms with van der Waals surface area (Å²) in [6.07, 6.45) is 1.02. The van der Waals surface area contributed by atoms with E-state index in [0.717, 1.165) is 31.8 Å². The molecule has 3 heterocycles. The summed E-state index contributed by atoms with van der Waals surface area (Å²) in [5.41, 5.74) is 14.5. The van der Waals surface area contributed by atoms with Crippen LogP contribution < -0.4 is 21.5 Å². The number of carboxylic acids is 1. The van der Waals surface area contributed by atoms with Crippen molar-refractivity contribution >= 4 is 44.6 Å². The first kappa shape index (κ1) is 21.5. The van der Waals surface area contributed by atoms with Crippen molar-refractivity contribution in [1.29, 1.82) is 0 Å². The lowest BCUT2D eigenvalue weighted by Crippen LogP contribution is -2.39. The maximum atomic E-state index is 11.5. The number of nitrogens with zero attached hydrogens (tertiary/aromatic N) is 3.